The van der Waals surface area contributed by atoms with E-state index < -0.39 is 17.4 Å². The first-order valence-corrected chi connectivity index (χ1v) is 8.98. The minimum absolute atomic E-state index is 0.197. The number of aliphatic hydroxyl groups is 1. The predicted molar refractivity (Wildman–Crippen MR) is 97.2 cm³/mol. The summed E-state index contributed by atoms with van der Waals surface area (Å²) in [6, 6.07) is 0. The Balaban J connectivity index is 1.98. The molecule has 0 radical (unpaired) electrons. The van der Waals surface area contributed by atoms with E-state index in [-0.39, 0.29) is 13.2 Å². The van der Waals surface area contributed by atoms with Crippen LogP contribution in [-0.4, -0.2) is 61.5 Å². The van der Waals surface area contributed by atoms with E-state index in [0.717, 1.165) is 30.5 Å². The highest BCUT2D eigenvalue weighted by atomic mass is 16.5. The Bertz CT molecular complexity index is 891. The largest absolute Gasteiger partial charge is 0.390 e. The predicted octanol–water partition coefficient (Wildman–Crippen LogP) is -0.573. The number of likely N-dealkylation sites (tertiary alicyclic amines) is 1. The maximum absolute atomic E-state index is 12.7. The number of nitrogens with zero attached hydrogens (tertiary/aromatic N) is 5. The fourth-order valence-corrected chi connectivity index (χ4v) is 3.64. The van der Waals surface area contributed by atoms with Crippen LogP contribution in [0, 0.1) is 0 Å². The van der Waals surface area contributed by atoms with Crippen LogP contribution in [0.5, 0.6) is 0 Å². The van der Waals surface area contributed by atoms with Crippen molar-refractivity contribution in [1.82, 2.24) is 23.6 Å². The molecule has 0 spiro atoms. The van der Waals surface area contributed by atoms with Crippen molar-refractivity contribution < 1.29 is 9.84 Å². The van der Waals surface area contributed by atoms with E-state index in [0.29, 0.717) is 23.5 Å². The molecular weight excluding hydrogens is 338 g/mol. The molecule has 1 N–H and O–H groups in total. The van der Waals surface area contributed by atoms with Gasteiger partial charge in [0.05, 0.1) is 12.6 Å². The maximum Gasteiger partial charge on any atom is 0.332 e. The van der Waals surface area contributed by atoms with Crippen molar-refractivity contribution in [3.63, 3.8) is 0 Å². The number of imidazole rings is 1. The summed E-state index contributed by atoms with van der Waals surface area (Å²) in [5.41, 5.74) is -0.206. The molecule has 9 nitrogen and oxygen atoms in total. The van der Waals surface area contributed by atoms with Gasteiger partial charge in [-0.1, -0.05) is 6.42 Å². The third-order valence-electron chi connectivity index (χ3n) is 5.01. The summed E-state index contributed by atoms with van der Waals surface area (Å²) in [6.45, 7) is 2.96. The van der Waals surface area contributed by atoms with Gasteiger partial charge in [-0.2, -0.15) is 0 Å². The van der Waals surface area contributed by atoms with E-state index in [2.05, 4.69) is 9.88 Å². The molecule has 26 heavy (non-hydrogen) atoms. The van der Waals surface area contributed by atoms with E-state index in [4.69, 9.17) is 4.74 Å². The Morgan fingerprint density at radius 3 is 2.46 bits per heavy atom. The van der Waals surface area contributed by atoms with Crippen molar-refractivity contribution in [2.75, 3.05) is 26.7 Å². The van der Waals surface area contributed by atoms with Crippen LogP contribution in [0.4, 0.5) is 0 Å². The average Bonchev–Trinajstić information content (AvgIpc) is 2.97. The maximum atomic E-state index is 12.7. The number of aryl methyl sites for hydroxylation is 1. The third kappa shape index (κ3) is 3.46. The molecule has 3 heterocycles. The van der Waals surface area contributed by atoms with Gasteiger partial charge in [0.25, 0.3) is 5.56 Å². The first-order valence-electron chi connectivity index (χ1n) is 8.98. The molecule has 1 aliphatic heterocycles. The molecule has 0 bridgehead atoms. The van der Waals surface area contributed by atoms with Crippen molar-refractivity contribution >= 4 is 11.2 Å². The van der Waals surface area contributed by atoms with E-state index in [1.165, 1.54) is 18.0 Å². The zero-order valence-electron chi connectivity index (χ0n) is 15.6. The van der Waals surface area contributed by atoms with Gasteiger partial charge in [0, 0.05) is 27.7 Å². The molecule has 0 aliphatic carbocycles. The average molecular weight is 365 g/mol. The van der Waals surface area contributed by atoms with Crippen LogP contribution < -0.4 is 11.2 Å². The molecule has 3 rings (SSSR count). The second-order valence-corrected chi connectivity index (χ2v) is 6.96. The Labute approximate surface area is 151 Å². The van der Waals surface area contributed by atoms with Gasteiger partial charge in [-0.25, -0.2) is 9.78 Å². The van der Waals surface area contributed by atoms with Gasteiger partial charge in [0.1, 0.15) is 12.4 Å². The second-order valence-electron chi connectivity index (χ2n) is 6.96. The van der Waals surface area contributed by atoms with Crippen LogP contribution in [0.3, 0.4) is 0 Å². The Morgan fingerprint density at radius 2 is 1.81 bits per heavy atom. The lowest BCUT2D eigenvalue weighted by molar-refractivity contribution is 0.0863. The standard InChI is InChI=1S/C17H27N5O4/c1-19-15-14(16(24)20(2)17(19)25)22(13(18-15)11-26-3)10-12(23)9-21-7-5-4-6-8-21/h12,23H,4-11H2,1-3H3/t12-/m1/s1. The molecule has 144 valence electrons. The Hall–Kier alpha value is -1.97. The minimum Gasteiger partial charge on any atom is -0.390 e. The van der Waals surface area contributed by atoms with Gasteiger partial charge in [-0.3, -0.25) is 13.9 Å². The fourth-order valence-electron chi connectivity index (χ4n) is 3.64. The third-order valence-corrected chi connectivity index (χ3v) is 5.01. The minimum atomic E-state index is -0.636. The zero-order chi connectivity index (χ0) is 18.8. The van der Waals surface area contributed by atoms with E-state index >= 15 is 0 Å². The van der Waals surface area contributed by atoms with Gasteiger partial charge >= 0.3 is 5.69 Å². The molecular formula is C17H27N5O4. The first-order chi connectivity index (χ1) is 12.4. The van der Waals surface area contributed by atoms with Gasteiger partial charge in [-0.05, 0) is 25.9 Å². The van der Waals surface area contributed by atoms with E-state index in [1.807, 2.05) is 0 Å². The van der Waals surface area contributed by atoms with Crippen LogP contribution in [0.15, 0.2) is 9.59 Å². The molecule has 9 heteroatoms. The lowest BCUT2D eigenvalue weighted by Gasteiger charge is -2.28. The quantitative estimate of drug-likeness (QED) is 0.737. The normalized spacial score (nSPS) is 17.1. The number of methoxy groups -OCH3 is 1. The van der Waals surface area contributed by atoms with Gasteiger partial charge < -0.3 is 19.3 Å². The molecule has 0 unspecified atom stereocenters. The van der Waals surface area contributed by atoms with Crippen molar-refractivity contribution in [3.05, 3.63) is 26.7 Å². The number of ether oxygens (including phenoxy) is 1. The summed E-state index contributed by atoms with van der Waals surface area (Å²) in [4.78, 5) is 31.5. The number of hydrogen-bond donors (Lipinski definition) is 1. The van der Waals surface area contributed by atoms with Crippen LogP contribution in [0.25, 0.3) is 11.2 Å². The number of fused-ring (bicyclic) bond motifs is 1. The smallest absolute Gasteiger partial charge is 0.332 e. The summed E-state index contributed by atoms with van der Waals surface area (Å²) < 4.78 is 9.30. The van der Waals surface area contributed by atoms with Crippen LogP contribution in [-0.2, 0) is 32.0 Å². The lowest BCUT2D eigenvalue weighted by atomic mass is 10.1. The molecule has 1 atom stereocenters. The SMILES string of the molecule is COCc1nc2c(c(=O)n(C)c(=O)n2C)n1C[C@H](O)CN1CCCCC1. The molecule has 0 saturated carbocycles. The number of aliphatic hydroxyl groups excluding tert-OH is 1. The molecule has 1 aliphatic rings. The molecule has 0 amide bonds. The topological polar surface area (TPSA) is 94.5 Å². The Kier molecular flexibility index (Phi) is 5.59. The summed E-state index contributed by atoms with van der Waals surface area (Å²) in [6.07, 6.45) is 2.90. The Morgan fingerprint density at radius 1 is 1.12 bits per heavy atom. The lowest BCUT2D eigenvalue weighted by Crippen LogP contribution is -2.39. The van der Waals surface area contributed by atoms with Crippen LogP contribution >= 0.6 is 0 Å². The highest BCUT2D eigenvalue weighted by Gasteiger charge is 2.22. The fraction of sp³-hybridized carbons (Fsp3) is 0.706. The molecule has 0 aromatic carbocycles. The van der Waals surface area contributed by atoms with Crippen molar-refractivity contribution in [1.29, 1.82) is 0 Å². The van der Waals surface area contributed by atoms with Crippen LogP contribution in [0.2, 0.25) is 0 Å². The van der Waals surface area contributed by atoms with Crippen molar-refractivity contribution in [2.24, 2.45) is 14.1 Å². The summed E-state index contributed by atoms with van der Waals surface area (Å²) in [5, 5.41) is 10.6. The molecule has 1 saturated heterocycles. The van der Waals surface area contributed by atoms with Crippen molar-refractivity contribution in [3.8, 4) is 0 Å². The van der Waals surface area contributed by atoms with Crippen molar-refractivity contribution in [2.45, 2.75) is 38.5 Å². The number of rotatable bonds is 6. The second kappa shape index (κ2) is 7.73. The highest BCUT2D eigenvalue weighted by Crippen LogP contribution is 2.14. The zero-order valence-corrected chi connectivity index (χ0v) is 15.6. The number of β-amino-alcohol motifs (C(OH)–C–C–N with tert-alkyl or cyclic N) is 1. The highest BCUT2D eigenvalue weighted by molar-refractivity contribution is 5.71. The first kappa shape index (κ1) is 18.8. The molecule has 1 fully saturated rings. The monoisotopic (exact) mass is 365 g/mol. The van der Waals surface area contributed by atoms with E-state index in [1.54, 1.807) is 18.7 Å². The van der Waals surface area contributed by atoms with Crippen LogP contribution in [0.1, 0.15) is 25.1 Å². The summed E-state index contributed by atoms with van der Waals surface area (Å²) in [7, 11) is 4.58. The van der Waals surface area contributed by atoms with E-state index in [9.17, 15) is 14.7 Å². The van der Waals surface area contributed by atoms with Gasteiger partial charge in [0.15, 0.2) is 11.2 Å². The molecule has 2 aromatic rings. The summed E-state index contributed by atoms with van der Waals surface area (Å²) in [5.74, 6) is 0.526. The molecule has 2 aromatic heterocycles. The van der Waals surface area contributed by atoms with Gasteiger partial charge in [-0.15, -0.1) is 0 Å². The number of piperidine rings is 1. The van der Waals surface area contributed by atoms with Gasteiger partial charge in [0.2, 0.25) is 0 Å². The number of hydrogen-bond acceptors (Lipinski definition) is 6. The summed E-state index contributed by atoms with van der Waals surface area (Å²) >= 11 is 0. The number of aromatic nitrogens is 4.